The smallest absolute Gasteiger partial charge is 0.327 e. The average Bonchev–Trinajstić information content (AvgIpc) is 2.14. The fraction of sp³-hybridized carbons (Fsp3) is 0.625. The summed E-state index contributed by atoms with van der Waals surface area (Å²) in [7, 11) is -3.95. The number of nitrogens with one attached hydrogen (secondary N) is 1. The third kappa shape index (κ3) is 11.2. The molecule has 0 saturated heterocycles. The number of hydrogen-bond donors (Lipinski definition) is 3. The summed E-state index contributed by atoms with van der Waals surface area (Å²) in [5.41, 5.74) is 0. The monoisotopic (exact) mass is 237 g/mol. The third-order valence-corrected chi connectivity index (χ3v) is 2.24. The molecule has 0 heterocycles. The Morgan fingerprint density at radius 2 is 2.13 bits per heavy atom. The van der Waals surface area contributed by atoms with Gasteiger partial charge >= 0.3 is 7.60 Å². The van der Waals surface area contributed by atoms with Crippen LogP contribution in [0.25, 0.3) is 0 Å². The fourth-order valence-electron chi connectivity index (χ4n) is 0.744. The van der Waals surface area contributed by atoms with Gasteiger partial charge in [-0.3, -0.25) is 9.36 Å². The first-order valence-electron chi connectivity index (χ1n) is 4.48. The Bertz CT molecular complexity index is 249. The standard InChI is InChI=1S/C8H16NO5P/c1-2-8(10)9-4-3-5-14-6-7-15(11,12)13/h2H,1,3-7H2,(H,9,10)(H2,11,12,13). The third-order valence-electron chi connectivity index (χ3n) is 1.48. The molecule has 7 heteroatoms. The van der Waals surface area contributed by atoms with E-state index in [0.29, 0.717) is 19.6 Å². The predicted molar refractivity (Wildman–Crippen MR) is 55.6 cm³/mol. The van der Waals surface area contributed by atoms with Gasteiger partial charge in [0.15, 0.2) is 0 Å². The maximum atomic E-state index is 10.7. The van der Waals surface area contributed by atoms with Crippen LogP contribution in [0.3, 0.4) is 0 Å². The molecule has 88 valence electrons. The van der Waals surface area contributed by atoms with E-state index < -0.39 is 7.60 Å². The highest BCUT2D eigenvalue weighted by atomic mass is 31.2. The van der Waals surface area contributed by atoms with E-state index in [-0.39, 0.29) is 18.7 Å². The van der Waals surface area contributed by atoms with Gasteiger partial charge in [0.05, 0.1) is 12.8 Å². The summed E-state index contributed by atoms with van der Waals surface area (Å²) in [6.45, 7) is 4.13. The molecule has 0 aromatic rings. The lowest BCUT2D eigenvalue weighted by atomic mass is 10.4. The van der Waals surface area contributed by atoms with Crippen molar-refractivity contribution in [2.24, 2.45) is 0 Å². The second kappa shape index (κ2) is 7.59. The highest BCUT2D eigenvalue weighted by molar-refractivity contribution is 7.51. The normalized spacial score (nSPS) is 11.1. The van der Waals surface area contributed by atoms with Crippen molar-refractivity contribution < 1.29 is 23.9 Å². The molecular formula is C8H16NO5P. The molecule has 15 heavy (non-hydrogen) atoms. The number of hydrogen-bond acceptors (Lipinski definition) is 3. The van der Waals surface area contributed by atoms with Gasteiger partial charge in [0, 0.05) is 13.2 Å². The minimum absolute atomic E-state index is 0.0275. The van der Waals surface area contributed by atoms with Gasteiger partial charge in [-0.05, 0) is 12.5 Å². The second-order valence-electron chi connectivity index (χ2n) is 2.85. The van der Waals surface area contributed by atoms with E-state index in [4.69, 9.17) is 14.5 Å². The van der Waals surface area contributed by atoms with Crippen molar-refractivity contribution in [2.75, 3.05) is 25.9 Å². The van der Waals surface area contributed by atoms with Crippen molar-refractivity contribution >= 4 is 13.5 Å². The molecule has 0 fully saturated rings. The van der Waals surface area contributed by atoms with Crippen LogP contribution in [0.5, 0.6) is 0 Å². The molecule has 1 amide bonds. The van der Waals surface area contributed by atoms with Crippen molar-refractivity contribution in [2.45, 2.75) is 6.42 Å². The fourth-order valence-corrected chi connectivity index (χ4v) is 1.11. The summed E-state index contributed by atoms with van der Waals surface area (Å²) in [5.74, 6) is -0.245. The number of rotatable bonds is 8. The van der Waals surface area contributed by atoms with Crippen molar-refractivity contribution in [1.82, 2.24) is 5.32 Å². The lowest BCUT2D eigenvalue weighted by molar-refractivity contribution is -0.116. The molecule has 0 bridgehead atoms. The Kier molecular flexibility index (Phi) is 7.25. The number of carbonyl (C=O) groups is 1. The molecule has 0 saturated carbocycles. The summed E-state index contributed by atoms with van der Waals surface area (Å²) in [4.78, 5) is 27.6. The molecule has 0 atom stereocenters. The lowest BCUT2D eigenvalue weighted by Crippen LogP contribution is -2.22. The molecule has 0 aliphatic heterocycles. The number of amides is 1. The van der Waals surface area contributed by atoms with E-state index in [1.807, 2.05) is 0 Å². The molecule has 0 unspecified atom stereocenters. The minimum Gasteiger partial charge on any atom is -0.381 e. The van der Waals surface area contributed by atoms with E-state index in [2.05, 4.69) is 11.9 Å². The van der Waals surface area contributed by atoms with Crippen LogP contribution in [0, 0.1) is 0 Å². The zero-order valence-electron chi connectivity index (χ0n) is 8.39. The molecular weight excluding hydrogens is 221 g/mol. The van der Waals surface area contributed by atoms with Crippen LogP contribution < -0.4 is 5.32 Å². The Labute approximate surface area is 88.5 Å². The highest BCUT2D eigenvalue weighted by Crippen LogP contribution is 2.33. The predicted octanol–water partition coefficient (Wildman–Crippen LogP) is -0.127. The zero-order chi connectivity index (χ0) is 11.7. The Hall–Kier alpha value is -0.680. The van der Waals surface area contributed by atoms with Gasteiger partial charge in [0.2, 0.25) is 5.91 Å². The maximum Gasteiger partial charge on any atom is 0.327 e. The molecule has 0 rings (SSSR count). The van der Waals surface area contributed by atoms with Crippen molar-refractivity contribution in [3.8, 4) is 0 Å². The molecule has 0 radical (unpaired) electrons. The first kappa shape index (κ1) is 14.3. The van der Waals surface area contributed by atoms with Crippen molar-refractivity contribution in [3.05, 3.63) is 12.7 Å². The molecule has 0 aliphatic carbocycles. The quantitative estimate of drug-likeness (QED) is 0.310. The SMILES string of the molecule is C=CC(=O)NCCCOCCP(=O)(O)O. The first-order valence-corrected chi connectivity index (χ1v) is 6.28. The Morgan fingerprint density at radius 1 is 1.47 bits per heavy atom. The molecule has 0 aromatic carbocycles. The topological polar surface area (TPSA) is 95.9 Å². The van der Waals surface area contributed by atoms with Crippen LogP contribution in [-0.2, 0) is 14.1 Å². The van der Waals surface area contributed by atoms with Crippen LogP contribution >= 0.6 is 7.60 Å². The van der Waals surface area contributed by atoms with Crippen LogP contribution in [0.2, 0.25) is 0 Å². The number of ether oxygens (including phenoxy) is 1. The summed E-state index contributed by atoms with van der Waals surface area (Å²) in [6.07, 6.45) is 1.50. The van der Waals surface area contributed by atoms with Gasteiger partial charge in [0.1, 0.15) is 0 Å². The van der Waals surface area contributed by atoms with Gasteiger partial charge in [-0.2, -0.15) is 0 Å². The van der Waals surface area contributed by atoms with Gasteiger partial charge in [-0.25, -0.2) is 0 Å². The number of carbonyl (C=O) groups excluding carboxylic acids is 1. The summed E-state index contributed by atoms with van der Waals surface area (Å²) in [5, 5.41) is 2.55. The largest absolute Gasteiger partial charge is 0.381 e. The van der Waals surface area contributed by atoms with Crippen LogP contribution in [0.1, 0.15) is 6.42 Å². The highest BCUT2D eigenvalue weighted by Gasteiger charge is 2.11. The van der Waals surface area contributed by atoms with Crippen LogP contribution in [-0.4, -0.2) is 41.6 Å². The van der Waals surface area contributed by atoms with Crippen molar-refractivity contribution in [1.29, 1.82) is 0 Å². The molecule has 3 N–H and O–H groups in total. The van der Waals surface area contributed by atoms with E-state index >= 15 is 0 Å². The van der Waals surface area contributed by atoms with E-state index in [9.17, 15) is 9.36 Å². The first-order chi connectivity index (χ1) is 6.95. The zero-order valence-corrected chi connectivity index (χ0v) is 9.28. The summed E-state index contributed by atoms with van der Waals surface area (Å²) >= 11 is 0. The molecule has 0 aromatic heterocycles. The maximum absolute atomic E-state index is 10.7. The average molecular weight is 237 g/mol. The van der Waals surface area contributed by atoms with Crippen LogP contribution in [0.4, 0.5) is 0 Å². The van der Waals surface area contributed by atoms with Gasteiger partial charge in [-0.1, -0.05) is 6.58 Å². The van der Waals surface area contributed by atoms with E-state index in [0.717, 1.165) is 0 Å². The molecule has 6 nitrogen and oxygen atoms in total. The summed E-state index contributed by atoms with van der Waals surface area (Å²) < 4.78 is 15.4. The van der Waals surface area contributed by atoms with E-state index in [1.54, 1.807) is 0 Å². The van der Waals surface area contributed by atoms with Crippen LogP contribution in [0.15, 0.2) is 12.7 Å². The molecule has 0 spiro atoms. The Balaban J connectivity index is 3.22. The van der Waals surface area contributed by atoms with Gasteiger partial charge < -0.3 is 19.8 Å². The lowest BCUT2D eigenvalue weighted by Gasteiger charge is -2.05. The minimum atomic E-state index is -3.95. The van der Waals surface area contributed by atoms with E-state index in [1.165, 1.54) is 6.08 Å². The summed E-state index contributed by atoms with van der Waals surface area (Å²) in [6, 6.07) is 0. The molecule has 0 aliphatic rings. The van der Waals surface area contributed by atoms with Gasteiger partial charge in [0.25, 0.3) is 0 Å². The Morgan fingerprint density at radius 3 is 2.67 bits per heavy atom. The van der Waals surface area contributed by atoms with Gasteiger partial charge in [-0.15, -0.1) is 0 Å². The second-order valence-corrected chi connectivity index (χ2v) is 4.63. The van der Waals surface area contributed by atoms with Crippen molar-refractivity contribution in [3.63, 3.8) is 0 Å².